The standard InChI is InChI=1S/C14H19N3OS/c1-9-6-5-7-10-11(9)17-13(19-10)16-8-14(2,3)12(18)15-4/h5-7H,8H2,1-4H3,(H,15,18)(H,16,17). The number of hydrogen-bond acceptors (Lipinski definition) is 4. The minimum atomic E-state index is -0.457. The van der Waals surface area contributed by atoms with E-state index in [0.29, 0.717) is 6.54 Å². The van der Waals surface area contributed by atoms with Crippen molar-refractivity contribution in [3.8, 4) is 0 Å². The predicted molar refractivity (Wildman–Crippen MR) is 80.7 cm³/mol. The molecule has 0 saturated heterocycles. The van der Waals surface area contributed by atoms with E-state index in [1.165, 1.54) is 10.3 Å². The third kappa shape index (κ3) is 2.87. The van der Waals surface area contributed by atoms with Crippen molar-refractivity contribution in [2.45, 2.75) is 20.8 Å². The average Bonchev–Trinajstić information content (AvgIpc) is 2.80. The van der Waals surface area contributed by atoms with Gasteiger partial charge in [0.15, 0.2) is 5.13 Å². The zero-order valence-electron chi connectivity index (χ0n) is 11.7. The lowest BCUT2D eigenvalue weighted by molar-refractivity contribution is -0.128. The second kappa shape index (κ2) is 5.17. The first-order valence-electron chi connectivity index (χ1n) is 6.26. The van der Waals surface area contributed by atoms with Crippen LogP contribution in [0.2, 0.25) is 0 Å². The maximum atomic E-state index is 11.7. The Hall–Kier alpha value is -1.62. The van der Waals surface area contributed by atoms with Gasteiger partial charge >= 0.3 is 0 Å². The van der Waals surface area contributed by atoms with Crippen LogP contribution in [0.3, 0.4) is 0 Å². The third-order valence-corrected chi connectivity index (χ3v) is 4.12. The van der Waals surface area contributed by atoms with Crippen molar-refractivity contribution in [3.05, 3.63) is 23.8 Å². The largest absolute Gasteiger partial charge is 0.360 e. The number of anilines is 1. The summed E-state index contributed by atoms with van der Waals surface area (Å²) in [4.78, 5) is 16.3. The molecular weight excluding hydrogens is 258 g/mol. The molecule has 19 heavy (non-hydrogen) atoms. The first-order chi connectivity index (χ1) is 8.94. The summed E-state index contributed by atoms with van der Waals surface area (Å²) >= 11 is 1.62. The number of fused-ring (bicyclic) bond motifs is 1. The van der Waals surface area contributed by atoms with Crippen LogP contribution in [0.25, 0.3) is 10.2 Å². The van der Waals surface area contributed by atoms with Gasteiger partial charge in [-0.1, -0.05) is 23.5 Å². The average molecular weight is 277 g/mol. The van der Waals surface area contributed by atoms with Gasteiger partial charge in [-0.3, -0.25) is 4.79 Å². The number of aromatic nitrogens is 1. The summed E-state index contributed by atoms with van der Waals surface area (Å²) in [6.07, 6.45) is 0. The predicted octanol–water partition coefficient (Wildman–Crippen LogP) is 2.79. The Kier molecular flexibility index (Phi) is 3.75. The molecule has 0 atom stereocenters. The molecule has 1 amide bonds. The molecule has 0 aliphatic carbocycles. The van der Waals surface area contributed by atoms with Crippen molar-refractivity contribution in [3.63, 3.8) is 0 Å². The molecular formula is C14H19N3OS. The summed E-state index contributed by atoms with van der Waals surface area (Å²) in [7, 11) is 1.66. The van der Waals surface area contributed by atoms with Crippen LogP contribution in [-0.4, -0.2) is 24.5 Å². The maximum absolute atomic E-state index is 11.7. The van der Waals surface area contributed by atoms with Gasteiger partial charge in [0.25, 0.3) is 0 Å². The van der Waals surface area contributed by atoms with Crippen LogP contribution in [0.1, 0.15) is 19.4 Å². The topological polar surface area (TPSA) is 54.0 Å². The number of carbonyl (C=O) groups is 1. The molecule has 4 nitrogen and oxygen atoms in total. The highest BCUT2D eigenvalue weighted by atomic mass is 32.1. The summed E-state index contributed by atoms with van der Waals surface area (Å²) in [6.45, 7) is 6.45. The van der Waals surface area contributed by atoms with Gasteiger partial charge in [0, 0.05) is 13.6 Å². The first kappa shape index (κ1) is 13.8. The van der Waals surface area contributed by atoms with Crippen molar-refractivity contribution < 1.29 is 4.79 Å². The number of benzene rings is 1. The summed E-state index contributed by atoms with van der Waals surface area (Å²) in [5.41, 5.74) is 1.75. The second-order valence-corrected chi connectivity index (χ2v) is 6.29. The molecule has 0 saturated carbocycles. The van der Waals surface area contributed by atoms with E-state index in [2.05, 4.69) is 34.7 Å². The molecule has 5 heteroatoms. The fourth-order valence-corrected chi connectivity index (χ4v) is 2.82. The number of nitrogens with one attached hydrogen (secondary N) is 2. The number of amides is 1. The number of aryl methyl sites for hydroxylation is 1. The van der Waals surface area contributed by atoms with Gasteiger partial charge in [0.05, 0.1) is 15.6 Å². The minimum Gasteiger partial charge on any atom is -0.360 e. The van der Waals surface area contributed by atoms with Crippen molar-refractivity contribution in [1.82, 2.24) is 10.3 Å². The van der Waals surface area contributed by atoms with Gasteiger partial charge in [0.1, 0.15) is 0 Å². The van der Waals surface area contributed by atoms with Crippen molar-refractivity contribution in [2.75, 3.05) is 18.9 Å². The number of hydrogen-bond donors (Lipinski definition) is 2. The van der Waals surface area contributed by atoms with E-state index in [9.17, 15) is 4.79 Å². The monoisotopic (exact) mass is 277 g/mol. The number of carbonyl (C=O) groups excluding carboxylic acids is 1. The molecule has 0 bridgehead atoms. The van der Waals surface area contributed by atoms with Gasteiger partial charge in [-0.2, -0.15) is 0 Å². The van der Waals surface area contributed by atoms with Crippen LogP contribution in [0.4, 0.5) is 5.13 Å². The van der Waals surface area contributed by atoms with Crippen molar-refractivity contribution in [1.29, 1.82) is 0 Å². The molecule has 2 N–H and O–H groups in total. The summed E-state index contributed by atoms with van der Waals surface area (Å²) in [6, 6.07) is 6.16. The van der Waals surface area contributed by atoms with Crippen LogP contribution >= 0.6 is 11.3 Å². The normalized spacial score (nSPS) is 11.6. The van der Waals surface area contributed by atoms with Gasteiger partial charge in [-0.05, 0) is 32.4 Å². The highest BCUT2D eigenvalue weighted by Gasteiger charge is 2.26. The fourth-order valence-electron chi connectivity index (χ4n) is 1.88. The molecule has 1 aromatic carbocycles. The SMILES string of the molecule is CNC(=O)C(C)(C)CNc1nc2c(C)cccc2s1. The van der Waals surface area contributed by atoms with E-state index in [4.69, 9.17) is 0 Å². The summed E-state index contributed by atoms with van der Waals surface area (Å²) < 4.78 is 1.17. The van der Waals surface area contributed by atoms with Crippen LogP contribution in [-0.2, 0) is 4.79 Å². The number of rotatable bonds is 4. The van der Waals surface area contributed by atoms with Crippen molar-refractivity contribution in [2.24, 2.45) is 5.41 Å². The Morgan fingerprint density at radius 2 is 2.16 bits per heavy atom. The van der Waals surface area contributed by atoms with E-state index >= 15 is 0 Å². The Morgan fingerprint density at radius 3 is 2.79 bits per heavy atom. The lowest BCUT2D eigenvalue weighted by atomic mass is 9.92. The molecule has 1 aromatic heterocycles. The van der Waals surface area contributed by atoms with Gasteiger partial charge in [-0.25, -0.2) is 4.98 Å². The molecule has 0 unspecified atom stereocenters. The molecule has 0 aliphatic heterocycles. The molecule has 2 rings (SSSR count). The fraction of sp³-hybridized carbons (Fsp3) is 0.429. The maximum Gasteiger partial charge on any atom is 0.227 e. The zero-order chi connectivity index (χ0) is 14.0. The highest BCUT2D eigenvalue weighted by Crippen LogP contribution is 2.28. The van der Waals surface area contributed by atoms with Crippen molar-refractivity contribution >= 4 is 32.6 Å². The Labute approximate surface area is 117 Å². The smallest absolute Gasteiger partial charge is 0.227 e. The highest BCUT2D eigenvalue weighted by molar-refractivity contribution is 7.22. The molecule has 1 heterocycles. The van der Waals surface area contributed by atoms with Gasteiger partial charge < -0.3 is 10.6 Å². The van der Waals surface area contributed by atoms with Crippen LogP contribution in [0.15, 0.2) is 18.2 Å². The zero-order valence-corrected chi connectivity index (χ0v) is 12.5. The number of thiazole rings is 1. The Balaban J connectivity index is 2.14. The molecule has 0 spiro atoms. The van der Waals surface area contributed by atoms with Gasteiger partial charge in [0.2, 0.25) is 5.91 Å². The molecule has 2 aromatic rings. The lowest BCUT2D eigenvalue weighted by Crippen LogP contribution is -2.39. The Morgan fingerprint density at radius 1 is 1.42 bits per heavy atom. The Bertz CT molecular complexity index is 604. The van der Waals surface area contributed by atoms with E-state index in [-0.39, 0.29) is 5.91 Å². The van der Waals surface area contributed by atoms with E-state index in [0.717, 1.165) is 10.6 Å². The summed E-state index contributed by atoms with van der Waals surface area (Å²) in [5.74, 6) is 0.0253. The first-order valence-corrected chi connectivity index (χ1v) is 7.08. The number of nitrogens with zero attached hydrogens (tertiary/aromatic N) is 1. The van der Waals surface area contributed by atoms with Crippen LogP contribution < -0.4 is 10.6 Å². The van der Waals surface area contributed by atoms with E-state index in [1.807, 2.05) is 19.9 Å². The van der Waals surface area contributed by atoms with Crippen LogP contribution in [0, 0.1) is 12.3 Å². The number of para-hydroxylation sites is 1. The minimum absolute atomic E-state index is 0.0253. The second-order valence-electron chi connectivity index (χ2n) is 5.26. The third-order valence-electron chi connectivity index (χ3n) is 3.14. The molecule has 102 valence electrons. The quantitative estimate of drug-likeness (QED) is 0.903. The summed E-state index contributed by atoms with van der Waals surface area (Å²) in [5, 5.41) is 6.81. The van der Waals surface area contributed by atoms with Crippen LogP contribution in [0.5, 0.6) is 0 Å². The van der Waals surface area contributed by atoms with Gasteiger partial charge in [-0.15, -0.1) is 0 Å². The molecule has 0 fully saturated rings. The van der Waals surface area contributed by atoms with E-state index in [1.54, 1.807) is 18.4 Å². The lowest BCUT2D eigenvalue weighted by Gasteiger charge is -2.22. The molecule has 0 aliphatic rings. The molecule has 0 radical (unpaired) electrons. The van der Waals surface area contributed by atoms with E-state index < -0.39 is 5.41 Å².